The van der Waals surface area contributed by atoms with Crippen LogP contribution in [0.4, 0.5) is 5.95 Å². The highest BCUT2D eigenvalue weighted by Gasteiger charge is 2.24. The summed E-state index contributed by atoms with van der Waals surface area (Å²) < 4.78 is 8.26. The summed E-state index contributed by atoms with van der Waals surface area (Å²) in [4.78, 5) is 2.32. The standard InChI is InChI=1S/C15H28N4OS/c1-4-12(2)18(10-11-20-3)14-16-17-15(21)19(14)13-8-6-5-7-9-13/h12-13H,4-11H2,1-3H3,(H,17,21). The molecular weight excluding hydrogens is 284 g/mol. The lowest BCUT2D eigenvalue weighted by molar-refractivity contribution is 0.202. The minimum atomic E-state index is 0.424. The van der Waals surface area contributed by atoms with E-state index in [4.69, 9.17) is 17.0 Å². The number of anilines is 1. The lowest BCUT2D eigenvalue weighted by Crippen LogP contribution is -2.38. The van der Waals surface area contributed by atoms with Crippen LogP contribution in [-0.4, -0.2) is 41.1 Å². The predicted octanol–water partition coefficient (Wildman–Crippen LogP) is 3.70. The molecule has 1 atom stereocenters. The molecule has 6 heteroatoms. The molecule has 0 bridgehead atoms. The first-order chi connectivity index (χ1) is 10.2. The molecule has 1 aliphatic rings. The smallest absolute Gasteiger partial charge is 0.226 e. The molecule has 1 unspecified atom stereocenters. The topological polar surface area (TPSA) is 46.1 Å². The van der Waals surface area contributed by atoms with Crippen molar-refractivity contribution in [3.05, 3.63) is 4.77 Å². The molecule has 0 saturated heterocycles. The number of methoxy groups -OCH3 is 1. The molecule has 1 N–H and O–H groups in total. The summed E-state index contributed by atoms with van der Waals surface area (Å²) in [5.74, 6) is 0.985. The Morgan fingerprint density at radius 3 is 2.76 bits per heavy atom. The third-order valence-electron chi connectivity index (χ3n) is 4.54. The summed E-state index contributed by atoms with van der Waals surface area (Å²) in [6.07, 6.45) is 7.42. The van der Waals surface area contributed by atoms with Gasteiger partial charge >= 0.3 is 0 Å². The van der Waals surface area contributed by atoms with E-state index in [0.717, 1.165) is 23.7 Å². The van der Waals surface area contributed by atoms with Crippen LogP contribution in [0, 0.1) is 4.77 Å². The Balaban J connectivity index is 2.29. The Morgan fingerprint density at radius 1 is 1.43 bits per heavy atom. The van der Waals surface area contributed by atoms with Gasteiger partial charge in [0.2, 0.25) is 5.95 Å². The van der Waals surface area contributed by atoms with Gasteiger partial charge in [-0.15, -0.1) is 5.10 Å². The van der Waals surface area contributed by atoms with Crippen molar-refractivity contribution < 1.29 is 4.74 Å². The average molecular weight is 312 g/mol. The molecule has 5 nitrogen and oxygen atoms in total. The van der Waals surface area contributed by atoms with E-state index in [1.807, 2.05) is 0 Å². The second kappa shape index (κ2) is 7.94. The second-order valence-corrected chi connectivity index (χ2v) is 6.32. The van der Waals surface area contributed by atoms with Crippen molar-refractivity contribution >= 4 is 18.2 Å². The predicted molar refractivity (Wildman–Crippen MR) is 88.5 cm³/mol. The van der Waals surface area contributed by atoms with Gasteiger partial charge in [-0.2, -0.15) is 0 Å². The number of hydrogen-bond acceptors (Lipinski definition) is 4. The molecule has 1 fully saturated rings. The van der Waals surface area contributed by atoms with E-state index in [9.17, 15) is 0 Å². The zero-order chi connectivity index (χ0) is 15.2. The number of nitrogens with zero attached hydrogens (tertiary/aromatic N) is 3. The molecule has 21 heavy (non-hydrogen) atoms. The second-order valence-electron chi connectivity index (χ2n) is 5.93. The highest BCUT2D eigenvalue weighted by molar-refractivity contribution is 7.71. The first kappa shape index (κ1) is 16.5. The lowest BCUT2D eigenvalue weighted by atomic mass is 9.95. The van der Waals surface area contributed by atoms with Crippen LogP contribution in [0.15, 0.2) is 0 Å². The minimum Gasteiger partial charge on any atom is -0.383 e. The molecule has 1 aromatic rings. The summed E-state index contributed by atoms with van der Waals surface area (Å²) in [7, 11) is 1.74. The summed E-state index contributed by atoms with van der Waals surface area (Å²) >= 11 is 5.50. The van der Waals surface area contributed by atoms with Gasteiger partial charge < -0.3 is 9.64 Å². The van der Waals surface area contributed by atoms with E-state index < -0.39 is 0 Å². The highest BCUT2D eigenvalue weighted by atomic mass is 32.1. The molecule has 1 heterocycles. The molecule has 1 aliphatic carbocycles. The van der Waals surface area contributed by atoms with E-state index in [-0.39, 0.29) is 0 Å². The summed E-state index contributed by atoms with van der Waals surface area (Å²) in [5.41, 5.74) is 0. The maximum absolute atomic E-state index is 5.50. The number of rotatable bonds is 7. The summed E-state index contributed by atoms with van der Waals surface area (Å²) in [6.45, 7) is 5.99. The normalized spacial score (nSPS) is 17.9. The van der Waals surface area contributed by atoms with Crippen LogP contribution in [0.25, 0.3) is 0 Å². The third kappa shape index (κ3) is 3.86. The SMILES string of the molecule is CCC(C)N(CCOC)c1n[nH]c(=S)n1C1CCCCC1. The van der Waals surface area contributed by atoms with E-state index in [1.165, 1.54) is 32.1 Å². The number of nitrogens with one attached hydrogen (secondary N) is 1. The summed E-state index contributed by atoms with van der Waals surface area (Å²) in [6, 6.07) is 0.918. The number of aromatic nitrogens is 3. The number of ether oxygens (including phenoxy) is 1. The Morgan fingerprint density at radius 2 is 2.14 bits per heavy atom. The van der Waals surface area contributed by atoms with Crippen molar-refractivity contribution in [3.63, 3.8) is 0 Å². The maximum atomic E-state index is 5.50. The largest absolute Gasteiger partial charge is 0.383 e. The van der Waals surface area contributed by atoms with Gasteiger partial charge in [-0.1, -0.05) is 26.2 Å². The van der Waals surface area contributed by atoms with Gasteiger partial charge in [-0.05, 0) is 38.4 Å². The van der Waals surface area contributed by atoms with Gasteiger partial charge in [0, 0.05) is 25.7 Å². The van der Waals surface area contributed by atoms with Crippen LogP contribution in [0.3, 0.4) is 0 Å². The fourth-order valence-electron chi connectivity index (χ4n) is 3.09. The number of aromatic amines is 1. The average Bonchev–Trinajstić information content (AvgIpc) is 2.90. The van der Waals surface area contributed by atoms with Crippen molar-refractivity contribution in [1.29, 1.82) is 0 Å². The van der Waals surface area contributed by atoms with Crippen molar-refractivity contribution in [2.75, 3.05) is 25.2 Å². The van der Waals surface area contributed by atoms with Crippen molar-refractivity contribution in [2.45, 2.75) is 64.5 Å². The summed E-state index contributed by atoms with van der Waals surface area (Å²) in [5, 5.41) is 7.53. The van der Waals surface area contributed by atoms with E-state index >= 15 is 0 Å². The Bertz CT molecular complexity index is 478. The molecule has 0 aromatic carbocycles. The van der Waals surface area contributed by atoms with E-state index in [1.54, 1.807) is 7.11 Å². The molecular formula is C15H28N4OS. The van der Waals surface area contributed by atoms with E-state index in [2.05, 4.69) is 33.5 Å². The zero-order valence-corrected chi connectivity index (χ0v) is 14.3. The zero-order valence-electron chi connectivity index (χ0n) is 13.5. The maximum Gasteiger partial charge on any atom is 0.226 e. The molecule has 1 aromatic heterocycles. The fraction of sp³-hybridized carbons (Fsp3) is 0.867. The van der Waals surface area contributed by atoms with Crippen molar-refractivity contribution in [2.24, 2.45) is 0 Å². The molecule has 0 amide bonds. The van der Waals surface area contributed by atoms with Crippen LogP contribution in [-0.2, 0) is 4.74 Å². The van der Waals surface area contributed by atoms with E-state index in [0.29, 0.717) is 18.7 Å². The van der Waals surface area contributed by atoms with Gasteiger partial charge in [0.05, 0.1) is 6.61 Å². The van der Waals surface area contributed by atoms with Crippen LogP contribution in [0.1, 0.15) is 58.4 Å². The molecule has 0 spiro atoms. The molecule has 2 rings (SSSR count). The van der Waals surface area contributed by atoms with Crippen LogP contribution in [0.2, 0.25) is 0 Å². The molecule has 1 saturated carbocycles. The quantitative estimate of drug-likeness (QED) is 0.780. The molecule has 0 radical (unpaired) electrons. The van der Waals surface area contributed by atoms with Crippen molar-refractivity contribution in [1.82, 2.24) is 14.8 Å². The van der Waals surface area contributed by atoms with Gasteiger partial charge in [0.25, 0.3) is 0 Å². The lowest BCUT2D eigenvalue weighted by Gasteiger charge is -2.32. The monoisotopic (exact) mass is 312 g/mol. The molecule has 120 valence electrons. The third-order valence-corrected chi connectivity index (χ3v) is 4.83. The Kier molecular flexibility index (Phi) is 6.23. The number of hydrogen-bond donors (Lipinski definition) is 1. The van der Waals surface area contributed by atoms with Gasteiger partial charge in [0.15, 0.2) is 4.77 Å². The van der Waals surface area contributed by atoms with Gasteiger partial charge in [-0.3, -0.25) is 4.57 Å². The first-order valence-corrected chi connectivity index (χ1v) is 8.52. The van der Waals surface area contributed by atoms with Crippen LogP contribution in [0.5, 0.6) is 0 Å². The number of H-pyrrole nitrogens is 1. The Labute approximate surface area is 132 Å². The van der Waals surface area contributed by atoms with Crippen molar-refractivity contribution in [3.8, 4) is 0 Å². The van der Waals surface area contributed by atoms with Crippen LogP contribution < -0.4 is 4.90 Å². The first-order valence-electron chi connectivity index (χ1n) is 8.11. The van der Waals surface area contributed by atoms with Gasteiger partial charge in [0.1, 0.15) is 0 Å². The Hall–Kier alpha value is -0.880. The molecule has 0 aliphatic heterocycles. The van der Waals surface area contributed by atoms with Gasteiger partial charge in [-0.25, -0.2) is 5.10 Å². The van der Waals surface area contributed by atoms with Crippen LogP contribution >= 0.6 is 12.2 Å². The minimum absolute atomic E-state index is 0.424. The fourth-order valence-corrected chi connectivity index (χ4v) is 3.37. The highest BCUT2D eigenvalue weighted by Crippen LogP contribution is 2.32.